The van der Waals surface area contributed by atoms with E-state index >= 15 is 0 Å². The number of para-hydroxylation sites is 1. The number of hydrogen-bond donors (Lipinski definition) is 2. The molecule has 156 valence electrons. The molecule has 0 bridgehead atoms. The van der Waals surface area contributed by atoms with Gasteiger partial charge in [-0.15, -0.1) is 0 Å². The minimum Gasteiger partial charge on any atom is -0.279 e. The second-order valence-corrected chi connectivity index (χ2v) is 10.7. The van der Waals surface area contributed by atoms with Gasteiger partial charge in [-0.3, -0.25) is 4.72 Å². The lowest BCUT2D eigenvalue weighted by Crippen LogP contribution is -2.26. The Kier molecular flexibility index (Phi) is 5.64. The minimum absolute atomic E-state index is 0.0572. The maximum absolute atomic E-state index is 13.0. The molecule has 0 saturated heterocycles. The van der Waals surface area contributed by atoms with Gasteiger partial charge in [0, 0.05) is 6.04 Å². The molecule has 1 aliphatic carbocycles. The third-order valence-electron chi connectivity index (χ3n) is 4.82. The zero-order chi connectivity index (χ0) is 21.2. The van der Waals surface area contributed by atoms with Gasteiger partial charge in [-0.05, 0) is 54.7 Å². The van der Waals surface area contributed by atoms with Crippen LogP contribution in [0.2, 0.25) is 0 Å². The van der Waals surface area contributed by atoms with Gasteiger partial charge in [0.25, 0.3) is 10.0 Å². The molecule has 8 heteroatoms. The largest absolute Gasteiger partial charge is 0.279 e. The monoisotopic (exact) mass is 442 g/mol. The third-order valence-corrected chi connectivity index (χ3v) is 7.71. The summed E-state index contributed by atoms with van der Waals surface area (Å²) in [5, 5.41) is 0. The van der Waals surface area contributed by atoms with Crippen LogP contribution in [0.3, 0.4) is 0 Å². The lowest BCUT2D eigenvalue weighted by atomic mass is 10.0. The van der Waals surface area contributed by atoms with Gasteiger partial charge in [-0.2, -0.15) is 0 Å². The van der Waals surface area contributed by atoms with Gasteiger partial charge in [0.05, 0.1) is 15.5 Å². The molecule has 0 spiro atoms. The van der Waals surface area contributed by atoms with Gasteiger partial charge in [0.2, 0.25) is 10.0 Å². The van der Waals surface area contributed by atoms with E-state index in [0.29, 0.717) is 12.1 Å². The Bertz CT molecular complexity index is 1250. The fourth-order valence-corrected chi connectivity index (χ4v) is 5.66. The zero-order valence-electron chi connectivity index (χ0n) is 16.2. The van der Waals surface area contributed by atoms with E-state index in [1.807, 2.05) is 42.5 Å². The first-order chi connectivity index (χ1) is 14.3. The van der Waals surface area contributed by atoms with Crippen LogP contribution in [0.15, 0.2) is 88.7 Å². The third kappa shape index (κ3) is 4.89. The highest BCUT2D eigenvalue weighted by molar-refractivity contribution is 7.93. The highest BCUT2D eigenvalue weighted by Crippen LogP contribution is 2.25. The lowest BCUT2D eigenvalue weighted by Gasteiger charge is -2.14. The van der Waals surface area contributed by atoms with Crippen molar-refractivity contribution < 1.29 is 16.8 Å². The molecule has 0 amide bonds. The number of rotatable bonds is 8. The van der Waals surface area contributed by atoms with E-state index in [2.05, 4.69) is 9.44 Å². The summed E-state index contributed by atoms with van der Waals surface area (Å²) in [6.07, 6.45) is 2.17. The molecule has 3 aromatic carbocycles. The average Bonchev–Trinajstić information content (AvgIpc) is 3.54. The Morgan fingerprint density at radius 3 is 2.07 bits per heavy atom. The van der Waals surface area contributed by atoms with E-state index in [1.54, 1.807) is 12.1 Å². The van der Waals surface area contributed by atoms with E-state index in [0.717, 1.165) is 24.0 Å². The van der Waals surface area contributed by atoms with Crippen molar-refractivity contribution in [1.82, 2.24) is 4.72 Å². The van der Waals surface area contributed by atoms with Crippen LogP contribution in [0.5, 0.6) is 0 Å². The van der Waals surface area contributed by atoms with Crippen molar-refractivity contribution in [3.05, 3.63) is 90.0 Å². The van der Waals surface area contributed by atoms with Crippen molar-refractivity contribution in [2.45, 2.75) is 35.1 Å². The highest BCUT2D eigenvalue weighted by Gasteiger charge is 2.28. The van der Waals surface area contributed by atoms with Crippen molar-refractivity contribution in [2.24, 2.45) is 0 Å². The first-order valence-electron chi connectivity index (χ1n) is 9.60. The van der Waals surface area contributed by atoms with Gasteiger partial charge in [-0.1, -0.05) is 54.6 Å². The minimum atomic E-state index is -3.97. The van der Waals surface area contributed by atoms with Crippen LogP contribution in [0, 0.1) is 0 Å². The number of hydrogen-bond acceptors (Lipinski definition) is 4. The van der Waals surface area contributed by atoms with E-state index in [1.165, 1.54) is 24.3 Å². The summed E-state index contributed by atoms with van der Waals surface area (Å²) in [5.41, 5.74) is 2.35. The first-order valence-corrected chi connectivity index (χ1v) is 12.6. The summed E-state index contributed by atoms with van der Waals surface area (Å²) in [6, 6.07) is 22.3. The molecule has 0 heterocycles. The predicted molar refractivity (Wildman–Crippen MR) is 116 cm³/mol. The van der Waals surface area contributed by atoms with E-state index < -0.39 is 20.0 Å². The Hall–Kier alpha value is -2.68. The smallest absolute Gasteiger partial charge is 0.261 e. The predicted octanol–water partition coefficient (Wildman–Crippen LogP) is 3.52. The van der Waals surface area contributed by atoms with Crippen molar-refractivity contribution in [2.75, 3.05) is 4.72 Å². The molecule has 30 heavy (non-hydrogen) atoms. The van der Waals surface area contributed by atoms with Gasteiger partial charge in [0.15, 0.2) is 0 Å². The van der Waals surface area contributed by atoms with E-state index in [9.17, 15) is 16.8 Å². The molecule has 4 rings (SSSR count). The van der Waals surface area contributed by atoms with Gasteiger partial charge in [0.1, 0.15) is 0 Å². The Morgan fingerprint density at radius 1 is 0.733 bits per heavy atom. The van der Waals surface area contributed by atoms with Crippen LogP contribution in [0.25, 0.3) is 0 Å². The fourth-order valence-electron chi connectivity index (χ4n) is 3.09. The second-order valence-electron chi connectivity index (χ2n) is 7.30. The number of sulfonamides is 2. The van der Waals surface area contributed by atoms with Crippen LogP contribution >= 0.6 is 0 Å². The van der Waals surface area contributed by atoms with Crippen LogP contribution in [0.1, 0.15) is 24.0 Å². The van der Waals surface area contributed by atoms with Crippen LogP contribution in [-0.4, -0.2) is 22.9 Å². The van der Waals surface area contributed by atoms with Gasteiger partial charge in [-0.25, -0.2) is 21.6 Å². The quantitative estimate of drug-likeness (QED) is 0.558. The summed E-state index contributed by atoms with van der Waals surface area (Å²) < 4.78 is 56.1. The van der Waals surface area contributed by atoms with Crippen molar-refractivity contribution in [3.63, 3.8) is 0 Å². The number of anilines is 1. The zero-order valence-corrected chi connectivity index (χ0v) is 17.8. The maximum Gasteiger partial charge on any atom is 0.261 e. The molecule has 6 nitrogen and oxygen atoms in total. The summed E-state index contributed by atoms with van der Waals surface area (Å²) in [6.45, 7) is 0. The molecule has 0 aliphatic heterocycles. The summed E-state index contributed by atoms with van der Waals surface area (Å²) in [5.74, 6) is 0. The maximum atomic E-state index is 13.0. The summed E-state index contributed by atoms with van der Waals surface area (Å²) in [7, 11) is -7.71. The molecule has 1 saturated carbocycles. The van der Waals surface area contributed by atoms with Crippen molar-refractivity contribution in [3.8, 4) is 0 Å². The second kappa shape index (κ2) is 8.22. The van der Waals surface area contributed by atoms with Gasteiger partial charge < -0.3 is 0 Å². The fraction of sp³-hybridized carbons (Fsp3) is 0.182. The van der Waals surface area contributed by atoms with Gasteiger partial charge >= 0.3 is 0 Å². The molecule has 2 N–H and O–H groups in total. The topological polar surface area (TPSA) is 92.3 Å². The number of nitrogens with one attached hydrogen (secondary N) is 2. The molecular formula is C22H22N2O4S2. The highest BCUT2D eigenvalue weighted by atomic mass is 32.2. The molecule has 0 aromatic heterocycles. The molecule has 0 radical (unpaired) electrons. The SMILES string of the molecule is O=S(=O)(Nc1ccccc1Cc1ccccc1)c1cccc(S(=O)(=O)NC2CC2)c1. The first kappa shape index (κ1) is 20.6. The standard InChI is InChI=1S/C22H22N2O4S2/c25-29(26,23-19-13-14-19)20-10-6-11-21(16-20)30(27,28)24-22-12-5-4-9-18(22)15-17-7-2-1-3-8-17/h1-12,16,19,23-24H,13-15H2. The Balaban J connectivity index is 1.60. The number of benzene rings is 3. The summed E-state index contributed by atoms with van der Waals surface area (Å²) >= 11 is 0. The summed E-state index contributed by atoms with van der Waals surface area (Å²) in [4.78, 5) is -0.162. The van der Waals surface area contributed by atoms with E-state index in [-0.39, 0.29) is 15.8 Å². The molecule has 1 fully saturated rings. The van der Waals surface area contributed by atoms with Crippen LogP contribution in [-0.2, 0) is 26.5 Å². The lowest BCUT2D eigenvalue weighted by molar-refractivity contribution is 0.580. The molecule has 1 aliphatic rings. The van der Waals surface area contributed by atoms with Crippen LogP contribution in [0.4, 0.5) is 5.69 Å². The van der Waals surface area contributed by atoms with Crippen LogP contribution < -0.4 is 9.44 Å². The average molecular weight is 443 g/mol. The Labute approximate surface area is 177 Å². The normalized spacial score (nSPS) is 14.4. The molecule has 0 unspecified atom stereocenters. The van der Waals surface area contributed by atoms with E-state index in [4.69, 9.17) is 0 Å². The Morgan fingerprint density at radius 2 is 1.37 bits per heavy atom. The molecule has 0 atom stereocenters. The molecular weight excluding hydrogens is 420 g/mol. The molecule has 3 aromatic rings. The van der Waals surface area contributed by atoms with Crippen molar-refractivity contribution >= 4 is 25.7 Å². The van der Waals surface area contributed by atoms with Crippen molar-refractivity contribution in [1.29, 1.82) is 0 Å².